The van der Waals surface area contributed by atoms with Crippen LogP contribution in [-0.2, 0) is 6.42 Å². The van der Waals surface area contributed by atoms with Crippen molar-refractivity contribution in [3.8, 4) is 0 Å². The third-order valence-corrected chi connectivity index (χ3v) is 4.02. The number of anilines is 1. The van der Waals surface area contributed by atoms with Gasteiger partial charge in [0.2, 0.25) is 0 Å². The van der Waals surface area contributed by atoms with E-state index in [1.165, 1.54) is 44.5 Å². The SMILES string of the molecule is CC(C)CCN(CCCc1ccccc1N)CCC(C)C. The molecule has 0 bridgehead atoms. The van der Waals surface area contributed by atoms with Crippen molar-refractivity contribution < 1.29 is 0 Å². The van der Waals surface area contributed by atoms with Gasteiger partial charge in [-0.1, -0.05) is 45.9 Å². The molecule has 2 N–H and O–H groups in total. The summed E-state index contributed by atoms with van der Waals surface area (Å²) < 4.78 is 0. The van der Waals surface area contributed by atoms with Crippen LogP contribution in [0.4, 0.5) is 5.69 Å². The second-order valence-electron chi connectivity index (χ2n) is 7.01. The summed E-state index contributed by atoms with van der Waals surface area (Å²) in [5.74, 6) is 1.58. The van der Waals surface area contributed by atoms with Gasteiger partial charge in [-0.15, -0.1) is 0 Å². The molecule has 0 aromatic heterocycles. The van der Waals surface area contributed by atoms with Gasteiger partial charge in [-0.2, -0.15) is 0 Å². The minimum absolute atomic E-state index is 0.788. The summed E-state index contributed by atoms with van der Waals surface area (Å²) in [5.41, 5.74) is 8.26. The molecule has 2 heteroatoms. The number of nitrogen functional groups attached to an aromatic ring is 1. The maximum Gasteiger partial charge on any atom is 0.0346 e. The second-order valence-corrected chi connectivity index (χ2v) is 7.01. The number of rotatable bonds is 10. The summed E-state index contributed by atoms with van der Waals surface area (Å²) in [7, 11) is 0. The topological polar surface area (TPSA) is 29.3 Å². The lowest BCUT2D eigenvalue weighted by molar-refractivity contribution is 0.241. The molecule has 1 aromatic carbocycles. The van der Waals surface area contributed by atoms with Crippen LogP contribution < -0.4 is 5.73 Å². The van der Waals surface area contributed by atoms with E-state index in [2.05, 4.69) is 44.7 Å². The van der Waals surface area contributed by atoms with Crippen LogP contribution in [0.3, 0.4) is 0 Å². The van der Waals surface area contributed by atoms with Crippen molar-refractivity contribution in [2.75, 3.05) is 25.4 Å². The molecule has 0 unspecified atom stereocenters. The maximum atomic E-state index is 6.02. The number of hydrogen-bond donors (Lipinski definition) is 1. The molecule has 0 saturated heterocycles. The molecular formula is C19H34N2. The molecule has 0 aliphatic heterocycles. The van der Waals surface area contributed by atoms with Crippen LogP contribution in [-0.4, -0.2) is 24.5 Å². The van der Waals surface area contributed by atoms with Gasteiger partial charge in [0.25, 0.3) is 0 Å². The highest BCUT2D eigenvalue weighted by atomic mass is 15.1. The van der Waals surface area contributed by atoms with E-state index in [4.69, 9.17) is 5.73 Å². The van der Waals surface area contributed by atoms with Crippen molar-refractivity contribution in [2.24, 2.45) is 11.8 Å². The first-order valence-corrected chi connectivity index (χ1v) is 8.54. The van der Waals surface area contributed by atoms with Gasteiger partial charge in [0.05, 0.1) is 0 Å². The number of benzene rings is 1. The third-order valence-electron chi connectivity index (χ3n) is 4.02. The Morgan fingerprint density at radius 2 is 1.48 bits per heavy atom. The molecule has 0 fully saturated rings. The van der Waals surface area contributed by atoms with E-state index in [-0.39, 0.29) is 0 Å². The molecule has 120 valence electrons. The van der Waals surface area contributed by atoms with E-state index in [9.17, 15) is 0 Å². The van der Waals surface area contributed by atoms with Gasteiger partial charge in [-0.05, 0) is 68.8 Å². The maximum absolute atomic E-state index is 6.02. The summed E-state index contributed by atoms with van der Waals surface area (Å²) in [6.45, 7) is 12.9. The Hall–Kier alpha value is -1.02. The van der Waals surface area contributed by atoms with Crippen molar-refractivity contribution >= 4 is 5.69 Å². The zero-order valence-corrected chi connectivity index (χ0v) is 14.4. The van der Waals surface area contributed by atoms with Crippen LogP contribution in [0.25, 0.3) is 0 Å². The minimum Gasteiger partial charge on any atom is -0.399 e. The molecular weight excluding hydrogens is 256 g/mol. The summed E-state index contributed by atoms with van der Waals surface area (Å²) in [6, 6.07) is 8.25. The van der Waals surface area contributed by atoms with E-state index in [1.807, 2.05) is 12.1 Å². The van der Waals surface area contributed by atoms with Gasteiger partial charge < -0.3 is 10.6 Å². The lowest BCUT2D eigenvalue weighted by Gasteiger charge is -2.24. The Morgan fingerprint density at radius 1 is 0.905 bits per heavy atom. The van der Waals surface area contributed by atoms with Crippen LogP contribution in [0.5, 0.6) is 0 Å². The normalized spacial score (nSPS) is 11.8. The smallest absolute Gasteiger partial charge is 0.0346 e. The van der Waals surface area contributed by atoms with Crippen LogP contribution in [0.1, 0.15) is 52.5 Å². The first-order valence-electron chi connectivity index (χ1n) is 8.54. The van der Waals surface area contributed by atoms with Crippen molar-refractivity contribution in [2.45, 2.75) is 53.4 Å². The molecule has 0 saturated carbocycles. The first kappa shape index (κ1) is 18.0. The Kier molecular flexibility index (Phi) is 8.44. The van der Waals surface area contributed by atoms with E-state index in [1.54, 1.807) is 0 Å². The summed E-state index contributed by atoms with van der Waals surface area (Å²) in [6.07, 6.45) is 4.88. The molecule has 2 nitrogen and oxygen atoms in total. The predicted octanol–water partition coefficient (Wildman–Crippen LogP) is 4.60. The molecule has 0 heterocycles. The van der Waals surface area contributed by atoms with Crippen molar-refractivity contribution in [3.63, 3.8) is 0 Å². The predicted molar refractivity (Wildman–Crippen MR) is 94.5 cm³/mol. The zero-order chi connectivity index (χ0) is 15.7. The number of aryl methyl sites for hydroxylation is 1. The van der Waals surface area contributed by atoms with Crippen molar-refractivity contribution in [1.29, 1.82) is 0 Å². The Bertz CT molecular complexity index is 373. The van der Waals surface area contributed by atoms with Gasteiger partial charge in [-0.25, -0.2) is 0 Å². The van der Waals surface area contributed by atoms with Gasteiger partial charge in [0.1, 0.15) is 0 Å². The van der Waals surface area contributed by atoms with E-state index in [0.29, 0.717) is 0 Å². The van der Waals surface area contributed by atoms with Crippen molar-refractivity contribution in [3.05, 3.63) is 29.8 Å². The largest absolute Gasteiger partial charge is 0.399 e. The third kappa shape index (κ3) is 8.11. The van der Waals surface area contributed by atoms with Gasteiger partial charge >= 0.3 is 0 Å². The highest BCUT2D eigenvalue weighted by Gasteiger charge is 2.08. The highest BCUT2D eigenvalue weighted by molar-refractivity contribution is 5.46. The highest BCUT2D eigenvalue weighted by Crippen LogP contribution is 2.14. The fourth-order valence-corrected chi connectivity index (χ4v) is 2.47. The second kappa shape index (κ2) is 9.83. The average Bonchev–Trinajstić information content (AvgIpc) is 2.42. The fourth-order valence-electron chi connectivity index (χ4n) is 2.47. The first-order chi connectivity index (χ1) is 9.99. The van der Waals surface area contributed by atoms with Crippen LogP contribution in [0, 0.1) is 11.8 Å². The molecule has 21 heavy (non-hydrogen) atoms. The monoisotopic (exact) mass is 290 g/mol. The van der Waals surface area contributed by atoms with Gasteiger partial charge in [0, 0.05) is 5.69 Å². The number of nitrogens with two attached hydrogens (primary N) is 1. The van der Waals surface area contributed by atoms with Gasteiger partial charge in [-0.3, -0.25) is 0 Å². The van der Waals surface area contributed by atoms with Crippen LogP contribution in [0.15, 0.2) is 24.3 Å². The zero-order valence-electron chi connectivity index (χ0n) is 14.4. The Morgan fingerprint density at radius 3 is 2.00 bits per heavy atom. The van der Waals surface area contributed by atoms with E-state index < -0.39 is 0 Å². The molecule has 0 spiro atoms. The van der Waals surface area contributed by atoms with Gasteiger partial charge in [0.15, 0.2) is 0 Å². The molecule has 0 radical (unpaired) electrons. The van der Waals surface area contributed by atoms with Crippen LogP contribution >= 0.6 is 0 Å². The van der Waals surface area contributed by atoms with Crippen LogP contribution in [0.2, 0.25) is 0 Å². The molecule has 0 atom stereocenters. The lowest BCUT2D eigenvalue weighted by atomic mass is 10.1. The summed E-state index contributed by atoms with van der Waals surface area (Å²) >= 11 is 0. The Labute approximate surface area is 131 Å². The van der Waals surface area contributed by atoms with E-state index in [0.717, 1.165) is 23.9 Å². The average molecular weight is 290 g/mol. The number of para-hydroxylation sites is 1. The standard InChI is InChI=1S/C19H34N2/c1-16(2)11-14-21(15-12-17(3)4)13-7-9-18-8-5-6-10-19(18)20/h5-6,8,10,16-17H,7,9,11-15,20H2,1-4H3. The summed E-state index contributed by atoms with van der Waals surface area (Å²) in [5, 5.41) is 0. The molecule has 1 rings (SSSR count). The van der Waals surface area contributed by atoms with E-state index >= 15 is 0 Å². The Balaban J connectivity index is 2.38. The van der Waals surface area contributed by atoms with Crippen molar-refractivity contribution in [1.82, 2.24) is 4.90 Å². The number of nitrogens with zero attached hydrogens (tertiary/aromatic N) is 1. The minimum atomic E-state index is 0.788. The molecule has 0 aliphatic carbocycles. The molecule has 1 aromatic rings. The summed E-state index contributed by atoms with van der Waals surface area (Å²) in [4.78, 5) is 2.64. The molecule has 0 aliphatic rings. The fraction of sp³-hybridized carbons (Fsp3) is 0.684. The molecule has 0 amide bonds. The number of hydrogen-bond acceptors (Lipinski definition) is 2. The quantitative estimate of drug-likeness (QED) is 0.638. The lowest BCUT2D eigenvalue weighted by Crippen LogP contribution is -2.29.